The number of Topliss-reactive ketones (excluding diaryl/α,β-unsaturated/α-hetero) is 1. The highest BCUT2D eigenvalue weighted by Crippen LogP contribution is 2.29. The van der Waals surface area contributed by atoms with Gasteiger partial charge in [0.25, 0.3) is 0 Å². The minimum absolute atomic E-state index is 0.212. The van der Waals surface area contributed by atoms with Crippen LogP contribution in [0.25, 0.3) is 0 Å². The van der Waals surface area contributed by atoms with Gasteiger partial charge in [-0.05, 0) is 32.7 Å². The van der Waals surface area contributed by atoms with Gasteiger partial charge in [0, 0.05) is 26.2 Å². The van der Waals surface area contributed by atoms with Crippen LogP contribution in [0.4, 0.5) is 0 Å². The Kier molecular flexibility index (Phi) is 4.57. The van der Waals surface area contributed by atoms with Gasteiger partial charge < -0.3 is 4.90 Å². The molecule has 98 valence electrons. The Balaban J connectivity index is 1.98. The van der Waals surface area contributed by atoms with Crippen molar-refractivity contribution in [1.29, 1.82) is 0 Å². The summed E-state index contributed by atoms with van der Waals surface area (Å²) in [5.41, 5.74) is 0. The molecule has 0 aromatic rings. The highest BCUT2D eigenvalue weighted by molar-refractivity contribution is 5.81. The lowest BCUT2D eigenvalue weighted by atomic mass is 9.81. The van der Waals surface area contributed by atoms with Crippen LogP contribution in [0.15, 0.2) is 0 Å². The average molecular weight is 238 g/mol. The number of carbonyl (C=O) groups excluding carboxylic acids is 1. The van der Waals surface area contributed by atoms with Crippen LogP contribution in [0.3, 0.4) is 0 Å². The van der Waals surface area contributed by atoms with Gasteiger partial charge in [-0.2, -0.15) is 0 Å². The van der Waals surface area contributed by atoms with E-state index in [1.165, 1.54) is 32.1 Å². The van der Waals surface area contributed by atoms with Gasteiger partial charge in [-0.1, -0.05) is 19.3 Å². The summed E-state index contributed by atoms with van der Waals surface area (Å²) in [6.45, 7) is 6.14. The first-order valence-corrected chi connectivity index (χ1v) is 7.11. The van der Waals surface area contributed by atoms with E-state index in [-0.39, 0.29) is 6.04 Å². The zero-order chi connectivity index (χ0) is 12.3. The van der Waals surface area contributed by atoms with Crippen LogP contribution in [-0.2, 0) is 4.79 Å². The van der Waals surface area contributed by atoms with Crippen LogP contribution >= 0.6 is 0 Å². The first kappa shape index (κ1) is 13.0. The summed E-state index contributed by atoms with van der Waals surface area (Å²) in [6.07, 6.45) is 6.53. The molecule has 3 nitrogen and oxygen atoms in total. The smallest absolute Gasteiger partial charge is 0.147 e. The fourth-order valence-corrected chi connectivity index (χ4v) is 3.44. The largest absolute Gasteiger partial charge is 0.304 e. The van der Waals surface area contributed by atoms with Crippen LogP contribution in [0, 0.1) is 5.92 Å². The third-order valence-electron chi connectivity index (χ3n) is 4.44. The molecule has 0 unspecified atom stereocenters. The number of nitrogens with zero attached hydrogens (tertiary/aromatic N) is 2. The molecule has 1 saturated carbocycles. The van der Waals surface area contributed by atoms with Gasteiger partial charge in [-0.15, -0.1) is 0 Å². The highest BCUT2D eigenvalue weighted by Gasteiger charge is 2.33. The van der Waals surface area contributed by atoms with Gasteiger partial charge in [-0.3, -0.25) is 9.69 Å². The highest BCUT2D eigenvalue weighted by atomic mass is 16.1. The van der Waals surface area contributed by atoms with Crippen molar-refractivity contribution in [1.82, 2.24) is 9.80 Å². The lowest BCUT2D eigenvalue weighted by Crippen LogP contribution is -2.54. The molecule has 0 aromatic heterocycles. The van der Waals surface area contributed by atoms with E-state index in [9.17, 15) is 4.79 Å². The Morgan fingerprint density at radius 1 is 1.06 bits per heavy atom. The second-order valence-corrected chi connectivity index (χ2v) is 5.79. The summed E-state index contributed by atoms with van der Waals surface area (Å²) in [6, 6.07) is 0.212. The van der Waals surface area contributed by atoms with Crippen molar-refractivity contribution in [3.05, 3.63) is 0 Å². The van der Waals surface area contributed by atoms with Crippen molar-refractivity contribution in [2.24, 2.45) is 5.92 Å². The van der Waals surface area contributed by atoms with Crippen molar-refractivity contribution in [3.63, 3.8) is 0 Å². The van der Waals surface area contributed by atoms with Crippen LogP contribution in [0.1, 0.15) is 39.0 Å². The van der Waals surface area contributed by atoms with Gasteiger partial charge in [-0.25, -0.2) is 0 Å². The predicted molar refractivity (Wildman–Crippen MR) is 70.1 cm³/mol. The molecular formula is C14H26N2O. The first-order chi connectivity index (χ1) is 8.18. The Morgan fingerprint density at radius 3 is 2.18 bits per heavy atom. The lowest BCUT2D eigenvalue weighted by molar-refractivity contribution is -0.125. The van der Waals surface area contributed by atoms with E-state index < -0.39 is 0 Å². The number of hydrogen-bond donors (Lipinski definition) is 0. The topological polar surface area (TPSA) is 23.6 Å². The molecule has 2 fully saturated rings. The van der Waals surface area contributed by atoms with E-state index in [2.05, 4.69) is 16.8 Å². The van der Waals surface area contributed by atoms with Crippen LogP contribution in [-0.4, -0.2) is 54.9 Å². The minimum atomic E-state index is 0.212. The maximum absolute atomic E-state index is 12.0. The van der Waals surface area contributed by atoms with E-state index in [0.29, 0.717) is 11.7 Å². The summed E-state index contributed by atoms with van der Waals surface area (Å²) in [5, 5.41) is 0. The molecular weight excluding hydrogens is 212 g/mol. The van der Waals surface area contributed by atoms with Gasteiger partial charge in [0.1, 0.15) is 5.78 Å². The molecule has 0 amide bonds. The fourth-order valence-electron chi connectivity index (χ4n) is 3.44. The average Bonchev–Trinajstić information content (AvgIpc) is 2.33. The summed E-state index contributed by atoms with van der Waals surface area (Å²) in [7, 11) is 2.17. The standard InChI is InChI=1S/C14H26N2O/c1-12(17)14(13-6-4-3-5-7-13)16-10-8-15(2)9-11-16/h13-14H,3-11H2,1-2H3/t14-/m1/s1. The molecule has 0 aromatic carbocycles. The quantitative estimate of drug-likeness (QED) is 0.748. The molecule has 2 rings (SSSR count). The molecule has 1 aliphatic heterocycles. The maximum Gasteiger partial charge on any atom is 0.147 e. The lowest BCUT2D eigenvalue weighted by Gasteiger charge is -2.41. The molecule has 1 saturated heterocycles. The molecule has 0 bridgehead atoms. The number of ketones is 1. The minimum Gasteiger partial charge on any atom is -0.304 e. The third kappa shape index (κ3) is 3.29. The van der Waals surface area contributed by atoms with Crippen LogP contribution < -0.4 is 0 Å². The molecule has 1 aliphatic carbocycles. The second-order valence-electron chi connectivity index (χ2n) is 5.79. The first-order valence-electron chi connectivity index (χ1n) is 7.11. The summed E-state index contributed by atoms with van der Waals surface area (Å²) in [5.74, 6) is 1.02. The number of piperazine rings is 1. The molecule has 0 radical (unpaired) electrons. The van der Waals surface area contributed by atoms with Crippen LogP contribution in [0.2, 0.25) is 0 Å². The van der Waals surface area contributed by atoms with Gasteiger partial charge >= 0.3 is 0 Å². The number of likely N-dealkylation sites (N-methyl/N-ethyl adjacent to an activating group) is 1. The third-order valence-corrected chi connectivity index (χ3v) is 4.44. The Labute approximate surface area is 105 Å². The molecule has 3 heteroatoms. The maximum atomic E-state index is 12.0. The Bertz CT molecular complexity index is 253. The normalized spacial score (nSPS) is 26.9. The van der Waals surface area contributed by atoms with Crippen molar-refractivity contribution in [2.45, 2.75) is 45.1 Å². The van der Waals surface area contributed by atoms with Gasteiger partial charge in [0.15, 0.2) is 0 Å². The zero-order valence-corrected chi connectivity index (χ0v) is 11.3. The predicted octanol–water partition coefficient (Wildman–Crippen LogP) is 1.77. The van der Waals surface area contributed by atoms with Crippen LogP contribution in [0.5, 0.6) is 0 Å². The van der Waals surface area contributed by atoms with Crippen molar-refractivity contribution >= 4 is 5.78 Å². The van der Waals surface area contributed by atoms with E-state index in [1.807, 2.05) is 0 Å². The molecule has 2 aliphatic rings. The van der Waals surface area contributed by atoms with E-state index in [1.54, 1.807) is 6.92 Å². The van der Waals surface area contributed by atoms with Gasteiger partial charge in [0.2, 0.25) is 0 Å². The fraction of sp³-hybridized carbons (Fsp3) is 0.929. The Morgan fingerprint density at radius 2 is 1.65 bits per heavy atom. The molecule has 0 N–H and O–H groups in total. The number of carbonyl (C=O) groups is 1. The zero-order valence-electron chi connectivity index (χ0n) is 11.3. The summed E-state index contributed by atoms with van der Waals surface area (Å²) >= 11 is 0. The summed E-state index contributed by atoms with van der Waals surface area (Å²) in [4.78, 5) is 16.8. The van der Waals surface area contributed by atoms with Gasteiger partial charge in [0.05, 0.1) is 6.04 Å². The molecule has 0 spiro atoms. The molecule has 17 heavy (non-hydrogen) atoms. The van der Waals surface area contributed by atoms with E-state index in [0.717, 1.165) is 26.2 Å². The monoisotopic (exact) mass is 238 g/mol. The number of rotatable bonds is 3. The van der Waals surface area contributed by atoms with E-state index >= 15 is 0 Å². The second kappa shape index (κ2) is 5.96. The Hall–Kier alpha value is -0.410. The van der Waals surface area contributed by atoms with Crippen molar-refractivity contribution in [3.8, 4) is 0 Å². The SMILES string of the molecule is CC(=O)[C@H](C1CCCCC1)N1CCN(C)CC1. The summed E-state index contributed by atoms with van der Waals surface area (Å²) < 4.78 is 0. The molecule has 1 heterocycles. The van der Waals surface area contributed by atoms with E-state index in [4.69, 9.17) is 0 Å². The number of hydrogen-bond acceptors (Lipinski definition) is 3. The molecule has 1 atom stereocenters. The van der Waals surface area contributed by atoms with Crippen molar-refractivity contribution < 1.29 is 4.79 Å². The van der Waals surface area contributed by atoms with Crippen molar-refractivity contribution in [2.75, 3.05) is 33.2 Å².